The lowest BCUT2D eigenvalue weighted by Crippen LogP contribution is -2.28. The molecule has 2 atom stereocenters. The molecular formula is C41H27N3O. The fraction of sp³-hybridized carbons (Fsp3) is 0.0488. The predicted molar refractivity (Wildman–Crippen MR) is 185 cm³/mol. The number of benzene rings is 5. The molecule has 4 nitrogen and oxygen atoms in total. The van der Waals surface area contributed by atoms with Crippen LogP contribution in [0.25, 0.3) is 60.8 Å². The lowest BCUT2D eigenvalue weighted by atomic mass is 9.91. The monoisotopic (exact) mass is 577 g/mol. The second kappa shape index (κ2) is 9.31. The minimum atomic E-state index is 0.203. The van der Waals surface area contributed by atoms with Crippen LogP contribution in [0.3, 0.4) is 0 Å². The number of pyridine rings is 1. The Morgan fingerprint density at radius 3 is 2.31 bits per heavy atom. The zero-order valence-corrected chi connectivity index (χ0v) is 24.3. The molecular weight excluding hydrogens is 550 g/mol. The van der Waals surface area contributed by atoms with Crippen LogP contribution in [0, 0.1) is 0 Å². The van der Waals surface area contributed by atoms with E-state index in [1.54, 1.807) is 0 Å². The molecule has 212 valence electrons. The van der Waals surface area contributed by atoms with Gasteiger partial charge in [-0.15, -0.1) is 0 Å². The van der Waals surface area contributed by atoms with Crippen LogP contribution in [-0.2, 0) is 0 Å². The molecule has 1 aliphatic heterocycles. The van der Waals surface area contributed by atoms with E-state index in [1.807, 2.05) is 12.1 Å². The first-order valence-corrected chi connectivity index (χ1v) is 15.5. The van der Waals surface area contributed by atoms with Crippen LogP contribution in [0.1, 0.15) is 11.5 Å². The standard InChI is InChI=1S/C41H27N3O/c1-2-12-26(13-3-1)43-35-20-7-4-14-27(35)30-24-25-31-28-15-5-8-21-36(28)44(40(31)39(30)43)38-23-11-19-34(42-38)33-18-10-17-32-29-16-6-9-22-37(29)45-41(32)33/h1-25,27,35H. The van der Waals surface area contributed by atoms with Gasteiger partial charge in [-0.25, -0.2) is 4.98 Å². The van der Waals surface area contributed by atoms with Crippen LogP contribution in [0.2, 0.25) is 0 Å². The Hall–Kier alpha value is -5.87. The number of fused-ring (bicyclic) bond motifs is 10. The van der Waals surface area contributed by atoms with E-state index in [-0.39, 0.29) is 12.0 Å². The molecule has 0 radical (unpaired) electrons. The van der Waals surface area contributed by atoms with E-state index in [0.717, 1.165) is 44.5 Å². The number of anilines is 2. The smallest absolute Gasteiger partial charge is 0.144 e. The average Bonchev–Trinajstić information content (AvgIpc) is 3.76. The molecule has 2 aliphatic rings. The Balaban J connectivity index is 1.27. The highest BCUT2D eigenvalue weighted by Crippen LogP contribution is 2.52. The molecule has 4 heteroatoms. The molecule has 45 heavy (non-hydrogen) atoms. The van der Waals surface area contributed by atoms with Crippen LogP contribution >= 0.6 is 0 Å². The minimum Gasteiger partial charge on any atom is -0.455 e. The first-order chi connectivity index (χ1) is 22.3. The lowest BCUT2D eigenvalue weighted by molar-refractivity contribution is 0.670. The van der Waals surface area contributed by atoms with Gasteiger partial charge >= 0.3 is 0 Å². The molecule has 2 unspecified atom stereocenters. The summed E-state index contributed by atoms with van der Waals surface area (Å²) in [5, 5.41) is 4.67. The number of nitrogens with zero attached hydrogens (tertiary/aromatic N) is 3. The molecule has 3 aromatic heterocycles. The van der Waals surface area contributed by atoms with E-state index in [1.165, 1.54) is 33.2 Å². The normalized spacial score (nSPS) is 17.1. The molecule has 4 heterocycles. The Morgan fingerprint density at radius 1 is 0.600 bits per heavy atom. The van der Waals surface area contributed by atoms with Gasteiger partial charge < -0.3 is 9.32 Å². The van der Waals surface area contributed by atoms with Crippen molar-refractivity contribution in [1.82, 2.24) is 9.55 Å². The van der Waals surface area contributed by atoms with E-state index in [4.69, 9.17) is 9.40 Å². The fourth-order valence-electron chi connectivity index (χ4n) is 7.63. The maximum Gasteiger partial charge on any atom is 0.144 e. The van der Waals surface area contributed by atoms with Crippen LogP contribution < -0.4 is 4.90 Å². The number of furan rings is 1. The Labute approximate surface area is 259 Å². The summed E-state index contributed by atoms with van der Waals surface area (Å²) >= 11 is 0. The highest BCUT2D eigenvalue weighted by molar-refractivity contribution is 6.15. The molecule has 0 N–H and O–H groups in total. The molecule has 0 saturated heterocycles. The van der Waals surface area contributed by atoms with Gasteiger partial charge in [-0.2, -0.15) is 0 Å². The number of aromatic nitrogens is 2. The summed E-state index contributed by atoms with van der Waals surface area (Å²) in [5.41, 5.74) is 9.72. The average molecular weight is 578 g/mol. The van der Waals surface area contributed by atoms with Crippen LogP contribution in [0.15, 0.2) is 156 Å². The summed E-state index contributed by atoms with van der Waals surface area (Å²) < 4.78 is 8.79. The third kappa shape index (κ3) is 3.45. The lowest BCUT2D eigenvalue weighted by Gasteiger charge is -2.29. The van der Waals surface area contributed by atoms with E-state index in [2.05, 4.69) is 149 Å². The SMILES string of the molecule is C1=CC2c3ccc4c5ccccc5n(-c5cccc(-c6cccc7c6oc6ccccc67)n5)c4c3N(c3ccccc3)C2C=C1. The van der Waals surface area contributed by atoms with E-state index >= 15 is 0 Å². The molecule has 0 spiro atoms. The minimum absolute atomic E-state index is 0.203. The van der Waals surface area contributed by atoms with Crippen molar-refractivity contribution in [2.24, 2.45) is 0 Å². The third-order valence-electron chi connectivity index (χ3n) is 9.52. The molecule has 0 fully saturated rings. The molecule has 0 bridgehead atoms. The second-order valence-electron chi connectivity index (χ2n) is 11.9. The summed E-state index contributed by atoms with van der Waals surface area (Å²) in [6, 6.07) is 45.2. The molecule has 10 rings (SSSR count). The Morgan fingerprint density at radius 2 is 1.38 bits per heavy atom. The largest absolute Gasteiger partial charge is 0.455 e. The molecule has 0 saturated carbocycles. The highest BCUT2D eigenvalue weighted by Gasteiger charge is 2.40. The predicted octanol–water partition coefficient (Wildman–Crippen LogP) is 10.5. The van der Waals surface area contributed by atoms with Gasteiger partial charge in [0, 0.05) is 38.7 Å². The van der Waals surface area contributed by atoms with Gasteiger partial charge in [0.25, 0.3) is 0 Å². The third-order valence-corrected chi connectivity index (χ3v) is 9.52. The molecule has 8 aromatic rings. The van der Waals surface area contributed by atoms with Crippen LogP contribution in [0.5, 0.6) is 0 Å². The summed E-state index contributed by atoms with van der Waals surface area (Å²) in [6.45, 7) is 0. The van der Waals surface area contributed by atoms with Gasteiger partial charge in [-0.05, 0) is 48.0 Å². The topological polar surface area (TPSA) is 34.2 Å². The van der Waals surface area contributed by atoms with Crippen LogP contribution in [0.4, 0.5) is 11.4 Å². The Kier molecular flexibility index (Phi) is 5.08. The van der Waals surface area contributed by atoms with Crippen molar-refractivity contribution in [3.63, 3.8) is 0 Å². The van der Waals surface area contributed by atoms with Gasteiger partial charge in [-0.3, -0.25) is 4.57 Å². The second-order valence-corrected chi connectivity index (χ2v) is 11.9. The maximum atomic E-state index is 6.42. The van der Waals surface area contributed by atoms with E-state index in [9.17, 15) is 0 Å². The number of hydrogen-bond donors (Lipinski definition) is 0. The summed E-state index contributed by atoms with van der Waals surface area (Å²) in [6.07, 6.45) is 9.05. The fourth-order valence-corrected chi connectivity index (χ4v) is 7.63. The Bertz CT molecular complexity index is 2520. The molecule has 1 aliphatic carbocycles. The van der Waals surface area contributed by atoms with E-state index < -0.39 is 0 Å². The molecule has 0 amide bonds. The first-order valence-electron chi connectivity index (χ1n) is 15.5. The van der Waals surface area contributed by atoms with Crippen molar-refractivity contribution in [3.8, 4) is 17.1 Å². The van der Waals surface area contributed by atoms with Gasteiger partial charge in [-0.1, -0.05) is 109 Å². The maximum absolute atomic E-state index is 6.42. The zero-order valence-electron chi connectivity index (χ0n) is 24.3. The van der Waals surface area contributed by atoms with Crippen molar-refractivity contribution < 1.29 is 4.42 Å². The zero-order chi connectivity index (χ0) is 29.5. The summed E-state index contributed by atoms with van der Waals surface area (Å²) in [7, 11) is 0. The number of para-hydroxylation sites is 4. The van der Waals surface area contributed by atoms with Gasteiger partial charge in [0.1, 0.15) is 17.0 Å². The van der Waals surface area contributed by atoms with E-state index in [0.29, 0.717) is 0 Å². The van der Waals surface area contributed by atoms with Gasteiger partial charge in [0.2, 0.25) is 0 Å². The number of hydrogen-bond acceptors (Lipinski definition) is 3. The van der Waals surface area contributed by atoms with Crippen LogP contribution in [-0.4, -0.2) is 15.6 Å². The number of allylic oxidation sites excluding steroid dienone is 2. The van der Waals surface area contributed by atoms with Crippen molar-refractivity contribution in [2.75, 3.05) is 4.90 Å². The quantitative estimate of drug-likeness (QED) is 0.209. The first kappa shape index (κ1) is 24.6. The van der Waals surface area contributed by atoms with Crippen molar-refractivity contribution in [1.29, 1.82) is 0 Å². The van der Waals surface area contributed by atoms with Gasteiger partial charge in [0.05, 0.1) is 28.5 Å². The summed E-state index contributed by atoms with van der Waals surface area (Å²) in [5.74, 6) is 1.15. The van der Waals surface area contributed by atoms with Gasteiger partial charge in [0.15, 0.2) is 0 Å². The van der Waals surface area contributed by atoms with Crippen molar-refractivity contribution in [2.45, 2.75) is 12.0 Å². The summed E-state index contributed by atoms with van der Waals surface area (Å²) in [4.78, 5) is 7.90. The van der Waals surface area contributed by atoms with Crippen molar-refractivity contribution in [3.05, 3.63) is 157 Å². The van der Waals surface area contributed by atoms with Crippen molar-refractivity contribution >= 4 is 55.1 Å². The molecule has 5 aromatic carbocycles. The highest BCUT2D eigenvalue weighted by atomic mass is 16.3. The number of rotatable bonds is 3.